The number of hydrogen-bond acceptors (Lipinski definition) is 3. The Labute approximate surface area is 157 Å². The van der Waals surface area contributed by atoms with Gasteiger partial charge in [-0.1, -0.05) is 20.3 Å². The van der Waals surface area contributed by atoms with E-state index in [1.807, 2.05) is 24.3 Å². The van der Waals surface area contributed by atoms with E-state index in [1.165, 1.54) is 0 Å². The lowest BCUT2D eigenvalue weighted by molar-refractivity contribution is 0.317. The van der Waals surface area contributed by atoms with Gasteiger partial charge in [0.2, 0.25) is 0 Å². The summed E-state index contributed by atoms with van der Waals surface area (Å²) in [6, 6.07) is 12.2. The van der Waals surface area contributed by atoms with Crippen molar-refractivity contribution in [1.82, 2.24) is 9.38 Å². The monoisotopic (exact) mass is 401 g/mol. The van der Waals surface area contributed by atoms with Crippen LogP contribution in [0.5, 0.6) is 5.75 Å². The van der Waals surface area contributed by atoms with E-state index in [-0.39, 0.29) is 0 Å². The molecule has 0 bridgehead atoms. The van der Waals surface area contributed by atoms with Crippen molar-refractivity contribution in [3.8, 4) is 17.0 Å². The zero-order valence-electron chi connectivity index (χ0n) is 14.8. The number of rotatable bonds is 8. The van der Waals surface area contributed by atoms with Gasteiger partial charge in [-0.2, -0.15) is 0 Å². The summed E-state index contributed by atoms with van der Waals surface area (Å²) in [5.74, 6) is 1.93. The first kappa shape index (κ1) is 17.8. The Kier molecular flexibility index (Phi) is 5.97. The van der Waals surface area contributed by atoms with Gasteiger partial charge in [-0.3, -0.25) is 4.40 Å². The third kappa shape index (κ3) is 4.15. The molecule has 0 aliphatic carbocycles. The number of halogens is 1. The van der Waals surface area contributed by atoms with Crippen LogP contribution >= 0.6 is 15.9 Å². The average Bonchev–Trinajstić information content (AvgIpc) is 2.98. The highest BCUT2D eigenvalue weighted by molar-refractivity contribution is 9.10. The number of unbranched alkanes of at least 4 members (excludes halogenated alkanes) is 1. The van der Waals surface area contributed by atoms with E-state index in [0.29, 0.717) is 0 Å². The topological polar surface area (TPSA) is 38.6 Å². The molecule has 0 spiro atoms. The van der Waals surface area contributed by atoms with Crippen LogP contribution in [0.3, 0.4) is 0 Å². The van der Waals surface area contributed by atoms with E-state index in [0.717, 1.165) is 65.4 Å². The number of imidazole rings is 1. The fraction of sp³-hybridized carbons (Fsp3) is 0.350. The van der Waals surface area contributed by atoms with Crippen LogP contribution in [0.1, 0.15) is 33.1 Å². The molecule has 0 fully saturated rings. The summed E-state index contributed by atoms with van der Waals surface area (Å²) in [7, 11) is 0. The van der Waals surface area contributed by atoms with E-state index in [4.69, 9.17) is 9.72 Å². The number of aromatic nitrogens is 2. The Hall–Kier alpha value is -2.01. The lowest BCUT2D eigenvalue weighted by Gasteiger charge is -2.09. The number of anilines is 1. The Morgan fingerprint density at radius 1 is 1.08 bits per heavy atom. The Balaban J connectivity index is 1.97. The van der Waals surface area contributed by atoms with E-state index in [2.05, 4.69) is 57.8 Å². The van der Waals surface area contributed by atoms with Gasteiger partial charge < -0.3 is 10.1 Å². The molecule has 2 heterocycles. The minimum Gasteiger partial charge on any atom is -0.494 e. The highest BCUT2D eigenvalue weighted by Crippen LogP contribution is 2.31. The first-order valence-corrected chi connectivity index (χ1v) is 9.67. The van der Waals surface area contributed by atoms with Gasteiger partial charge in [0.1, 0.15) is 22.9 Å². The van der Waals surface area contributed by atoms with E-state index in [1.54, 1.807) is 0 Å². The van der Waals surface area contributed by atoms with Crippen LogP contribution < -0.4 is 10.1 Å². The number of pyridine rings is 1. The largest absolute Gasteiger partial charge is 0.494 e. The van der Waals surface area contributed by atoms with Crippen molar-refractivity contribution in [3.05, 3.63) is 47.1 Å². The highest BCUT2D eigenvalue weighted by Gasteiger charge is 2.14. The second-order valence-electron chi connectivity index (χ2n) is 6.04. The van der Waals surface area contributed by atoms with Crippen LogP contribution in [0.25, 0.3) is 16.9 Å². The van der Waals surface area contributed by atoms with Crippen molar-refractivity contribution in [2.24, 2.45) is 0 Å². The second-order valence-corrected chi connectivity index (χ2v) is 6.95. The molecule has 0 unspecified atom stereocenters. The van der Waals surface area contributed by atoms with E-state index >= 15 is 0 Å². The highest BCUT2D eigenvalue weighted by atomic mass is 79.9. The molecule has 0 radical (unpaired) electrons. The third-order valence-electron chi connectivity index (χ3n) is 4.01. The molecule has 0 amide bonds. The number of fused-ring (bicyclic) bond motifs is 1. The zero-order chi connectivity index (χ0) is 17.6. The summed E-state index contributed by atoms with van der Waals surface area (Å²) in [6.45, 7) is 5.98. The van der Waals surface area contributed by atoms with Gasteiger partial charge in [-0.15, -0.1) is 0 Å². The van der Waals surface area contributed by atoms with Gasteiger partial charge in [-0.25, -0.2) is 4.98 Å². The molecule has 25 heavy (non-hydrogen) atoms. The molecule has 5 heteroatoms. The van der Waals surface area contributed by atoms with Crippen LogP contribution in [0.2, 0.25) is 0 Å². The standard InChI is InChI=1S/C20H24BrN3O/c1-3-5-12-22-20-19(23-18-11-8-16(21)14-24(18)20)15-6-9-17(10-7-15)25-13-4-2/h6-11,14,22H,3-5,12-13H2,1-2H3. The Morgan fingerprint density at radius 2 is 1.88 bits per heavy atom. The van der Waals surface area contributed by atoms with Crippen molar-refractivity contribution in [2.75, 3.05) is 18.5 Å². The number of nitrogens with zero attached hydrogens (tertiary/aromatic N) is 2. The zero-order valence-corrected chi connectivity index (χ0v) is 16.3. The first-order chi connectivity index (χ1) is 12.2. The molecule has 3 rings (SSSR count). The van der Waals surface area contributed by atoms with Crippen LogP contribution in [-0.2, 0) is 0 Å². The molecule has 1 N–H and O–H groups in total. The average molecular weight is 402 g/mol. The maximum atomic E-state index is 5.68. The number of hydrogen-bond donors (Lipinski definition) is 1. The van der Waals surface area contributed by atoms with Gasteiger partial charge in [0.15, 0.2) is 0 Å². The lowest BCUT2D eigenvalue weighted by Crippen LogP contribution is -2.04. The number of nitrogens with one attached hydrogen (secondary N) is 1. The summed E-state index contributed by atoms with van der Waals surface area (Å²) in [6.07, 6.45) is 5.35. The minimum atomic E-state index is 0.742. The smallest absolute Gasteiger partial charge is 0.139 e. The van der Waals surface area contributed by atoms with Crippen LogP contribution in [-0.4, -0.2) is 22.5 Å². The number of ether oxygens (including phenoxy) is 1. The fourth-order valence-corrected chi connectivity index (χ4v) is 3.04. The van der Waals surface area contributed by atoms with Crippen molar-refractivity contribution < 1.29 is 4.74 Å². The number of benzene rings is 1. The quantitative estimate of drug-likeness (QED) is 0.487. The fourth-order valence-electron chi connectivity index (χ4n) is 2.70. The molecule has 0 atom stereocenters. The van der Waals surface area contributed by atoms with E-state index < -0.39 is 0 Å². The SMILES string of the molecule is CCCCNc1c(-c2ccc(OCCC)cc2)nc2ccc(Br)cn12. The predicted octanol–water partition coefficient (Wildman–Crippen LogP) is 5.76. The molecule has 2 aromatic heterocycles. The first-order valence-electron chi connectivity index (χ1n) is 8.87. The van der Waals surface area contributed by atoms with Gasteiger partial charge >= 0.3 is 0 Å². The predicted molar refractivity (Wildman–Crippen MR) is 108 cm³/mol. The molecule has 3 aromatic rings. The van der Waals surface area contributed by atoms with E-state index in [9.17, 15) is 0 Å². The van der Waals surface area contributed by atoms with Gasteiger partial charge in [0.05, 0.1) is 6.61 Å². The van der Waals surface area contributed by atoms with Crippen LogP contribution in [0, 0.1) is 0 Å². The van der Waals surface area contributed by atoms with Crippen molar-refractivity contribution >= 4 is 27.4 Å². The normalized spacial score (nSPS) is 11.0. The summed E-state index contributed by atoms with van der Waals surface area (Å²) in [5, 5.41) is 3.56. The second kappa shape index (κ2) is 8.39. The van der Waals surface area contributed by atoms with Crippen LogP contribution in [0.15, 0.2) is 47.1 Å². The molecule has 1 aromatic carbocycles. The molecular weight excluding hydrogens is 378 g/mol. The molecule has 0 aliphatic rings. The Bertz CT molecular complexity index is 827. The van der Waals surface area contributed by atoms with Crippen molar-refractivity contribution in [3.63, 3.8) is 0 Å². The maximum absolute atomic E-state index is 5.68. The van der Waals surface area contributed by atoms with Gasteiger partial charge in [-0.05, 0) is 65.2 Å². The van der Waals surface area contributed by atoms with Gasteiger partial charge in [0, 0.05) is 22.8 Å². The molecule has 0 saturated heterocycles. The van der Waals surface area contributed by atoms with Crippen molar-refractivity contribution in [2.45, 2.75) is 33.1 Å². The summed E-state index contributed by atoms with van der Waals surface area (Å²) < 4.78 is 8.82. The molecule has 4 nitrogen and oxygen atoms in total. The third-order valence-corrected chi connectivity index (χ3v) is 4.47. The van der Waals surface area contributed by atoms with Gasteiger partial charge in [0.25, 0.3) is 0 Å². The minimum absolute atomic E-state index is 0.742. The molecule has 0 aliphatic heterocycles. The van der Waals surface area contributed by atoms with Crippen molar-refractivity contribution in [1.29, 1.82) is 0 Å². The summed E-state index contributed by atoms with van der Waals surface area (Å²) >= 11 is 3.55. The molecular formula is C20H24BrN3O. The summed E-state index contributed by atoms with van der Waals surface area (Å²) in [4.78, 5) is 4.83. The lowest BCUT2D eigenvalue weighted by atomic mass is 10.1. The molecule has 132 valence electrons. The molecule has 0 saturated carbocycles. The van der Waals surface area contributed by atoms with Crippen LogP contribution in [0.4, 0.5) is 5.82 Å². The summed E-state index contributed by atoms with van der Waals surface area (Å²) in [5.41, 5.74) is 2.99. The Morgan fingerprint density at radius 3 is 2.60 bits per heavy atom. The maximum Gasteiger partial charge on any atom is 0.139 e.